The van der Waals surface area contributed by atoms with Gasteiger partial charge >= 0.3 is 7.12 Å². The summed E-state index contributed by atoms with van der Waals surface area (Å²) in [5.74, 6) is 0. The predicted molar refractivity (Wildman–Crippen MR) is 86.0 cm³/mol. The molecule has 0 saturated carbocycles. The minimum absolute atomic E-state index is 0.117. The highest BCUT2D eigenvalue weighted by Crippen LogP contribution is 2.19. The van der Waals surface area contributed by atoms with Gasteiger partial charge in [-0.25, -0.2) is 8.42 Å². The first-order valence-corrected chi connectivity index (χ1v) is 8.53. The fraction of sp³-hybridized carbons (Fsp3) is 0.143. The van der Waals surface area contributed by atoms with E-state index in [0.29, 0.717) is 29.2 Å². The smallest absolute Gasteiger partial charge is 0.423 e. The van der Waals surface area contributed by atoms with Crippen LogP contribution in [0.1, 0.15) is 5.56 Å². The molecular formula is C14H13BClNO4S. The van der Waals surface area contributed by atoms with Crippen LogP contribution < -0.4 is 10.2 Å². The topological polar surface area (TPSA) is 75.6 Å². The highest BCUT2D eigenvalue weighted by molar-refractivity contribution is 7.92. The van der Waals surface area contributed by atoms with E-state index >= 15 is 0 Å². The maximum Gasteiger partial charge on any atom is 0.491 e. The van der Waals surface area contributed by atoms with Crippen molar-refractivity contribution in [3.8, 4) is 0 Å². The Morgan fingerprint density at radius 2 is 1.91 bits per heavy atom. The van der Waals surface area contributed by atoms with Crippen molar-refractivity contribution >= 4 is 39.9 Å². The quantitative estimate of drug-likeness (QED) is 0.830. The van der Waals surface area contributed by atoms with Crippen molar-refractivity contribution in [1.82, 2.24) is 0 Å². The van der Waals surface area contributed by atoms with E-state index in [1.807, 2.05) is 0 Å². The van der Waals surface area contributed by atoms with Crippen LogP contribution in [-0.2, 0) is 21.1 Å². The summed E-state index contributed by atoms with van der Waals surface area (Å²) in [6, 6.07) is 10.9. The average Bonchev–Trinajstić information content (AvgIpc) is 2.48. The van der Waals surface area contributed by atoms with Crippen molar-refractivity contribution in [3.05, 3.63) is 53.1 Å². The van der Waals surface area contributed by atoms with Gasteiger partial charge in [0.1, 0.15) is 0 Å². The van der Waals surface area contributed by atoms with E-state index in [0.717, 1.165) is 5.56 Å². The van der Waals surface area contributed by atoms with Crippen LogP contribution in [0, 0.1) is 0 Å². The molecule has 1 heterocycles. The number of hydrogen-bond acceptors (Lipinski definition) is 4. The number of fused-ring (bicyclic) bond motifs is 1. The third kappa shape index (κ3) is 3.12. The number of nitrogens with one attached hydrogen (secondary N) is 1. The van der Waals surface area contributed by atoms with E-state index in [2.05, 4.69) is 4.72 Å². The van der Waals surface area contributed by atoms with Crippen molar-refractivity contribution in [2.75, 3.05) is 11.3 Å². The predicted octanol–water partition coefficient (Wildman–Crippen LogP) is 1.40. The Labute approximate surface area is 134 Å². The van der Waals surface area contributed by atoms with Crippen molar-refractivity contribution in [3.63, 3.8) is 0 Å². The first-order valence-electron chi connectivity index (χ1n) is 6.66. The molecule has 114 valence electrons. The average molecular weight is 338 g/mol. The number of halogens is 1. The van der Waals surface area contributed by atoms with Crippen LogP contribution in [0.4, 0.5) is 5.69 Å². The van der Waals surface area contributed by atoms with E-state index in [1.165, 1.54) is 24.3 Å². The van der Waals surface area contributed by atoms with Gasteiger partial charge in [-0.05, 0) is 53.8 Å². The van der Waals surface area contributed by atoms with E-state index in [1.54, 1.807) is 18.2 Å². The summed E-state index contributed by atoms with van der Waals surface area (Å²) < 4.78 is 32.3. The van der Waals surface area contributed by atoms with Gasteiger partial charge in [0.25, 0.3) is 10.0 Å². The van der Waals surface area contributed by atoms with Gasteiger partial charge in [0.2, 0.25) is 0 Å². The van der Waals surface area contributed by atoms with Crippen molar-refractivity contribution in [2.45, 2.75) is 11.3 Å². The molecule has 0 radical (unpaired) electrons. The molecule has 0 aromatic heterocycles. The van der Waals surface area contributed by atoms with Gasteiger partial charge < -0.3 is 9.68 Å². The highest BCUT2D eigenvalue weighted by Gasteiger charge is 2.25. The molecule has 8 heteroatoms. The van der Waals surface area contributed by atoms with Crippen LogP contribution in [0.3, 0.4) is 0 Å². The first kappa shape index (κ1) is 15.4. The number of sulfonamides is 1. The molecule has 3 rings (SSSR count). The normalized spacial score (nSPS) is 14.5. The van der Waals surface area contributed by atoms with E-state index in [9.17, 15) is 13.4 Å². The molecule has 0 unspecified atom stereocenters. The Morgan fingerprint density at radius 3 is 2.64 bits per heavy atom. The molecule has 2 aromatic carbocycles. The van der Waals surface area contributed by atoms with Gasteiger partial charge in [-0.2, -0.15) is 0 Å². The Bertz CT molecular complexity index is 795. The maximum absolute atomic E-state index is 12.3. The standard InChI is InChI=1S/C14H13BClNO4S/c16-11-2-5-13(6-3-11)22(19,20)17-12-4-1-10-7-8-21-15(18)14(10)9-12/h1-6,9,17-18H,7-8H2. The molecule has 5 nitrogen and oxygen atoms in total. The molecule has 0 fully saturated rings. The zero-order chi connectivity index (χ0) is 15.7. The summed E-state index contributed by atoms with van der Waals surface area (Å²) in [5, 5.41) is 10.3. The lowest BCUT2D eigenvalue weighted by atomic mass is 9.73. The fourth-order valence-electron chi connectivity index (χ4n) is 2.31. The second kappa shape index (κ2) is 5.93. The van der Waals surface area contributed by atoms with E-state index in [4.69, 9.17) is 16.3 Å². The number of hydrogen-bond donors (Lipinski definition) is 2. The number of anilines is 1. The Hall–Kier alpha value is -1.54. The zero-order valence-corrected chi connectivity index (χ0v) is 13.1. The molecule has 22 heavy (non-hydrogen) atoms. The molecule has 0 aliphatic carbocycles. The Kier molecular flexibility index (Phi) is 4.14. The third-order valence-electron chi connectivity index (χ3n) is 3.44. The molecule has 2 N–H and O–H groups in total. The van der Waals surface area contributed by atoms with Gasteiger partial charge in [-0.3, -0.25) is 4.72 Å². The van der Waals surface area contributed by atoms with E-state index in [-0.39, 0.29) is 4.90 Å². The summed E-state index contributed by atoms with van der Waals surface area (Å²) in [6.45, 7) is 0.448. The SMILES string of the molecule is O=S(=O)(Nc1ccc2c(c1)B(O)OCC2)c1ccc(Cl)cc1. The van der Waals surface area contributed by atoms with Gasteiger partial charge in [-0.1, -0.05) is 17.7 Å². The molecule has 2 aromatic rings. The molecule has 0 saturated heterocycles. The minimum atomic E-state index is -3.71. The summed E-state index contributed by atoms with van der Waals surface area (Å²) >= 11 is 5.76. The summed E-state index contributed by atoms with van der Waals surface area (Å²) in [4.78, 5) is 0.117. The van der Waals surface area contributed by atoms with Crippen LogP contribution >= 0.6 is 11.6 Å². The van der Waals surface area contributed by atoms with Gasteiger partial charge in [0.05, 0.1) is 4.90 Å². The van der Waals surface area contributed by atoms with Crippen LogP contribution in [-0.4, -0.2) is 27.2 Å². The molecule has 0 atom stereocenters. The van der Waals surface area contributed by atoms with Crippen LogP contribution in [0.15, 0.2) is 47.4 Å². The Morgan fingerprint density at radius 1 is 1.18 bits per heavy atom. The van der Waals surface area contributed by atoms with Crippen molar-refractivity contribution in [2.24, 2.45) is 0 Å². The number of rotatable bonds is 3. The summed E-state index contributed by atoms with van der Waals surface area (Å²) in [7, 11) is -4.73. The fourth-order valence-corrected chi connectivity index (χ4v) is 3.49. The molecule has 0 amide bonds. The Balaban J connectivity index is 1.89. The first-order chi connectivity index (χ1) is 10.5. The van der Waals surface area contributed by atoms with E-state index < -0.39 is 17.1 Å². The third-order valence-corrected chi connectivity index (χ3v) is 5.08. The van der Waals surface area contributed by atoms with Crippen LogP contribution in [0.2, 0.25) is 5.02 Å². The molecule has 1 aliphatic rings. The molecular weight excluding hydrogens is 324 g/mol. The number of benzene rings is 2. The summed E-state index contributed by atoms with van der Waals surface area (Å²) in [6.07, 6.45) is 0.691. The second-order valence-corrected chi connectivity index (χ2v) is 7.07. The van der Waals surface area contributed by atoms with Crippen LogP contribution in [0.5, 0.6) is 0 Å². The lowest BCUT2D eigenvalue weighted by molar-refractivity contribution is 0.266. The lowest BCUT2D eigenvalue weighted by Crippen LogP contribution is -2.41. The van der Waals surface area contributed by atoms with Gasteiger partial charge in [-0.15, -0.1) is 0 Å². The second-order valence-electron chi connectivity index (χ2n) is 4.95. The maximum atomic E-state index is 12.3. The van der Waals surface area contributed by atoms with Crippen molar-refractivity contribution in [1.29, 1.82) is 0 Å². The molecule has 1 aliphatic heterocycles. The van der Waals surface area contributed by atoms with Gasteiger partial charge in [0, 0.05) is 17.3 Å². The highest BCUT2D eigenvalue weighted by atomic mass is 35.5. The molecule has 0 spiro atoms. The van der Waals surface area contributed by atoms with Crippen LogP contribution in [0.25, 0.3) is 0 Å². The molecule has 0 bridgehead atoms. The zero-order valence-electron chi connectivity index (χ0n) is 11.5. The summed E-state index contributed by atoms with van der Waals surface area (Å²) in [5.41, 5.74) is 1.91. The monoisotopic (exact) mass is 337 g/mol. The van der Waals surface area contributed by atoms with Gasteiger partial charge in [0.15, 0.2) is 0 Å². The van der Waals surface area contributed by atoms with Crippen molar-refractivity contribution < 1.29 is 18.1 Å². The largest absolute Gasteiger partial charge is 0.491 e. The minimum Gasteiger partial charge on any atom is -0.423 e. The lowest BCUT2D eigenvalue weighted by Gasteiger charge is -2.20.